The second-order valence-electron chi connectivity index (χ2n) is 4.17. The van der Waals surface area contributed by atoms with Crippen LogP contribution in [0.2, 0.25) is 0 Å². The number of nitrogens with two attached hydrogens (primary N) is 1. The largest absolute Gasteiger partial charge is 0.401 e. The molecule has 5 heteroatoms. The normalized spacial score (nSPS) is 28.7. The van der Waals surface area contributed by atoms with Crippen LogP contribution in [-0.2, 0) is 0 Å². The molecule has 0 saturated heterocycles. The summed E-state index contributed by atoms with van der Waals surface area (Å²) in [5, 5.41) is 0. The van der Waals surface area contributed by atoms with Gasteiger partial charge in [0.1, 0.15) is 0 Å². The monoisotopic (exact) mass is 210 g/mol. The van der Waals surface area contributed by atoms with E-state index in [1.807, 2.05) is 0 Å². The number of alkyl halides is 3. The molecule has 0 amide bonds. The van der Waals surface area contributed by atoms with Crippen molar-refractivity contribution in [2.24, 2.45) is 11.7 Å². The highest BCUT2D eigenvalue weighted by Gasteiger charge is 2.31. The fourth-order valence-electron chi connectivity index (χ4n) is 2.06. The maximum atomic E-state index is 12.0. The average molecular weight is 210 g/mol. The second kappa shape index (κ2) is 4.49. The highest BCUT2D eigenvalue weighted by Crippen LogP contribution is 2.25. The molecule has 1 aliphatic rings. The van der Waals surface area contributed by atoms with Crippen molar-refractivity contribution in [1.82, 2.24) is 4.90 Å². The predicted octanol–water partition coefficient (Wildman–Crippen LogP) is 1.61. The Morgan fingerprint density at radius 2 is 2.00 bits per heavy atom. The van der Waals surface area contributed by atoms with Crippen LogP contribution >= 0.6 is 0 Å². The van der Waals surface area contributed by atoms with E-state index in [1.54, 1.807) is 0 Å². The number of halogens is 3. The van der Waals surface area contributed by atoms with E-state index >= 15 is 0 Å². The van der Waals surface area contributed by atoms with Crippen molar-refractivity contribution in [3.8, 4) is 0 Å². The number of hydrogen-bond donors (Lipinski definition) is 1. The molecule has 0 aromatic carbocycles. The van der Waals surface area contributed by atoms with E-state index in [0.717, 1.165) is 19.3 Å². The van der Waals surface area contributed by atoms with Crippen LogP contribution in [0.25, 0.3) is 0 Å². The highest BCUT2D eigenvalue weighted by atomic mass is 19.4. The summed E-state index contributed by atoms with van der Waals surface area (Å²) in [4.78, 5) is 1.32. The SMILES string of the molecule is CN(CC1CCCC1N)CC(F)(F)F. The predicted molar refractivity (Wildman–Crippen MR) is 48.9 cm³/mol. The number of rotatable bonds is 3. The summed E-state index contributed by atoms with van der Waals surface area (Å²) in [5.41, 5.74) is 5.78. The van der Waals surface area contributed by atoms with Gasteiger partial charge >= 0.3 is 6.18 Å². The quantitative estimate of drug-likeness (QED) is 0.766. The van der Waals surface area contributed by atoms with Crippen molar-refractivity contribution in [3.05, 3.63) is 0 Å². The molecule has 0 aliphatic heterocycles. The molecule has 0 spiro atoms. The Hall–Kier alpha value is -0.290. The van der Waals surface area contributed by atoms with Gasteiger partial charge in [-0.05, 0) is 25.8 Å². The lowest BCUT2D eigenvalue weighted by molar-refractivity contribution is -0.144. The highest BCUT2D eigenvalue weighted by molar-refractivity contribution is 4.82. The van der Waals surface area contributed by atoms with Crippen LogP contribution in [0.4, 0.5) is 13.2 Å². The Kier molecular flexibility index (Phi) is 3.78. The topological polar surface area (TPSA) is 29.3 Å². The van der Waals surface area contributed by atoms with Crippen LogP contribution < -0.4 is 5.73 Å². The molecule has 2 unspecified atom stereocenters. The fourth-order valence-corrected chi connectivity index (χ4v) is 2.06. The van der Waals surface area contributed by atoms with E-state index in [1.165, 1.54) is 11.9 Å². The standard InChI is InChI=1S/C9H17F3N2/c1-14(6-9(10,11)12)5-7-3-2-4-8(7)13/h7-8H,2-6,13H2,1H3. The molecule has 2 N–H and O–H groups in total. The molecular formula is C9H17F3N2. The molecule has 0 aromatic rings. The molecular weight excluding hydrogens is 193 g/mol. The van der Waals surface area contributed by atoms with Gasteiger partial charge in [-0.15, -0.1) is 0 Å². The van der Waals surface area contributed by atoms with E-state index in [9.17, 15) is 13.2 Å². The summed E-state index contributed by atoms with van der Waals surface area (Å²) in [5.74, 6) is 0.238. The summed E-state index contributed by atoms with van der Waals surface area (Å²) in [7, 11) is 1.50. The summed E-state index contributed by atoms with van der Waals surface area (Å²) in [6.45, 7) is -0.378. The fraction of sp³-hybridized carbons (Fsp3) is 1.00. The number of nitrogens with zero attached hydrogens (tertiary/aromatic N) is 1. The second-order valence-corrected chi connectivity index (χ2v) is 4.17. The first-order valence-electron chi connectivity index (χ1n) is 4.89. The summed E-state index contributed by atoms with van der Waals surface area (Å²) < 4.78 is 36.0. The maximum Gasteiger partial charge on any atom is 0.401 e. The molecule has 1 rings (SSSR count). The Bertz CT molecular complexity index is 181. The van der Waals surface area contributed by atoms with Crippen molar-refractivity contribution in [1.29, 1.82) is 0 Å². The third-order valence-electron chi connectivity index (χ3n) is 2.71. The maximum absolute atomic E-state index is 12.0. The van der Waals surface area contributed by atoms with Crippen molar-refractivity contribution < 1.29 is 13.2 Å². The van der Waals surface area contributed by atoms with Crippen molar-refractivity contribution in [2.45, 2.75) is 31.5 Å². The Labute approximate surface area is 82.2 Å². The van der Waals surface area contributed by atoms with Gasteiger partial charge in [-0.25, -0.2) is 0 Å². The molecule has 84 valence electrons. The lowest BCUT2D eigenvalue weighted by Gasteiger charge is -2.24. The van der Waals surface area contributed by atoms with Crippen LogP contribution in [0.1, 0.15) is 19.3 Å². The van der Waals surface area contributed by atoms with E-state index in [-0.39, 0.29) is 12.0 Å². The van der Waals surface area contributed by atoms with E-state index in [2.05, 4.69) is 0 Å². The third kappa shape index (κ3) is 3.84. The minimum atomic E-state index is -4.10. The average Bonchev–Trinajstić information content (AvgIpc) is 2.32. The molecule has 0 aromatic heterocycles. The Morgan fingerprint density at radius 3 is 2.43 bits per heavy atom. The third-order valence-corrected chi connectivity index (χ3v) is 2.71. The lowest BCUT2D eigenvalue weighted by atomic mass is 10.0. The molecule has 0 heterocycles. The number of hydrogen-bond acceptors (Lipinski definition) is 2. The van der Waals surface area contributed by atoms with Crippen LogP contribution in [-0.4, -0.2) is 37.3 Å². The summed E-state index contributed by atoms with van der Waals surface area (Å²) in [6.07, 6.45) is -1.14. The molecule has 2 nitrogen and oxygen atoms in total. The van der Waals surface area contributed by atoms with Gasteiger partial charge in [0.15, 0.2) is 0 Å². The van der Waals surface area contributed by atoms with Gasteiger partial charge < -0.3 is 5.73 Å². The first-order valence-corrected chi connectivity index (χ1v) is 4.89. The summed E-state index contributed by atoms with van der Waals surface area (Å²) >= 11 is 0. The van der Waals surface area contributed by atoms with Gasteiger partial charge in [0.25, 0.3) is 0 Å². The van der Waals surface area contributed by atoms with E-state index < -0.39 is 12.7 Å². The van der Waals surface area contributed by atoms with Crippen LogP contribution in [0.5, 0.6) is 0 Å². The van der Waals surface area contributed by atoms with Crippen LogP contribution in [0.15, 0.2) is 0 Å². The first-order chi connectivity index (χ1) is 6.38. The van der Waals surface area contributed by atoms with Gasteiger partial charge in [0.2, 0.25) is 0 Å². The van der Waals surface area contributed by atoms with Gasteiger partial charge in [0, 0.05) is 12.6 Å². The minimum absolute atomic E-state index is 0.0886. The zero-order valence-electron chi connectivity index (χ0n) is 8.35. The zero-order chi connectivity index (χ0) is 10.8. The first kappa shape index (κ1) is 11.8. The Morgan fingerprint density at radius 1 is 1.36 bits per heavy atom. The molecule has 0 bridgehead atoms. The Balaban J connectivity index is 2.29. The van der Waals surface area contributed by atoms with E-state index in [4.69, 9.17) is 5.73 Å². The van der Waals surface area contributed by atoms with Crippen molar-refractivity contribution in [3.63, 3.8) is 0 Å². The molecule has 14 heavy (non-hydrogen) atoms. The van der Waals surface area contributed by atoms with Gasteiger partial charge in [0.05, 0.1) is 6.54 Å². The lowest BCUT2D eigenvalue weighted by Crippen LogP contribution is -2.38. The minimum Gasteiger partial charge on any atom is -0.327 e. The van der Waals surface area contributed by atoms with Crippen molar-refractivity contribution in [2.75, 3.05) is 20.1 Å². The summed E-state index contributed by atoms with van der Waals surface area (Å²) in [6, 6.07) is 0.0886. The molecule has 1 fully saturated rings. The van der Waals surface area contributed by atoms with Gasteiger partial charge in [-0.2, -0.15) is 13.2 Å². The van der Waals surface area contributed by atoms with Gasteiger partial charge in [-0.3, -0.25) is 4.90 Å². The molecule has 1 aliphatic carbocycles. The molecule has 2 atom stereocenters. The van der Waals surface area contributed by atoms with Gasteiger partial charge in [-0.1, -0.05) is 6.42 Å². The van der Waals surface area contributed by atoms with E-state index in [0.29, 0.717) is 6.54 Å². The smallest absolute Gasteiger partial charge is 0.327 e. The van der Waals surface area contributed by atoms with Crippen LogP contribution in [0, 0.1) is 5.92 Å². The zero-order valence-corrected chi connectivity index (χ0v) is 8.35. The van der Waals surface area contributed by atoms with Crippen LogP contribution in [0.3, 0.4) is 0 Å². The molecule has 1 saturated carbocycles. The van der Waals surface area contributed by atoms with Crippen molar-refractivity contribution >= 4 is 0 Å². The molecule has 0 radical (unpaired) electrons.